The summed E-state index contributed by atoms with van der Waals surface area (Å²) in [7, 11) is 0. The molecule has 0 aromatic heterocycles. The van der Waals surface area contributed by atoms with Gasteiger partial charge in [0.25, 0.3) is 0 Å². The van der Waals surface area contributed by atoms with Crippen molar-refractivity contribution in [2.24, 2.45) is 5.41 Å². The van der Waals surface area contributed by atoms with Gasteiger partial charge in [-0.05, 0) is 49.4 Å². The van der Waals surface area contributed by atoms with E-state index in [1.165, 1.54) is 12.1 Å². The van der Waals surface area contributed by atoms with Gasteiger partial charge >= 0.3 is 0 Å². The monoisotopic (exact) mass is 299 g/mol. The quantitative estimate of drug-likeness (QED) is 0.852. The van der Waals surface area contributed by atoms with Gasteiger partial charge in [-0.1, -0.05) is 20.8 Å². The number of halogens is 2. The molecule has 1 saturated carbocycles. The lowest BCUT2D eigenvalue weighted by Crippen LogP contribution is -2.43. The molecule has 0 radical (unpaired) electrons. The van der Waals surface area contributed by atoms with Crippen molar-refractivity contribution in [2.45, 2.75) is 56.2 Å². The fourth-order valence-electron chi connectivity index (χ4n) is 2.90. The molecule has 0 spiro atoms. The first-order valence-electron chi connectivity index (χ1n) is 7.29. The second-order valence-electron chi connectivity index (χ2n) is 6.19. The molecule has 2 rings (SSSR count). The molecule has 0 amide bonds. The topological polar surface area (TPSA) is 12.0 Å². The predicted octanol–water partition coefficient (Wildman–Crippen LogP) is 4.61. The van der Waals surface area contributed by atoms with Crippen molar-refractivity contribution >= 4 is 11.8 Å². The molecule has 1 fully saturated rings. The summed E-state index contributed by atoms with van der Waals surface area (Å²) in [4.78, 5) is 0.815. The van der Waals surface area contributed by atoms with Crippen molar-refractivity contribution in [1.29, 1.82) is 0 Å². The Bertz CT molecular complexity index is 462. The molecular weight excluding hydrogens is 276 g/mol. The number of nitrogens with one attached hydrogen (secondary N) is 1. The maximum absolute atomic E-state index is 13.3. The number of hydrogen-bond acceptors (Lipinski definition) is 2. The first-order chi connectivity index (χ1) is 9.44. The van der Waals surface area contributed by atoms with Crippen molar-refractivity contribution < 1.29 is 8.78 Å². The van der Waals surface area contributed by atoms with Gasteiger partial charge < -0.3 is 5.32 Å². The summed E-state index contributed by atoms with van der Waals surface area (Å²) < 4.78 is 26.3. The maximum Gasteiger partial charge on any atom is 0.159 e. The largest absolute Gasteiger partial charge is 0.312 e. The molecule has 1 aliphatic rings. The van der Waals surface area contributed by atoms with Crippen LogP contribution in [0.4, 0.5) is 8.78 Å². The van der Waals surface area contributed by atoms with Crippen molar-refractivity contribution in [3.8, 4) is 0 Å². The van der Waals surface area contributed by atoms with Crippen LogP contribution in [0.1, 0.15) is 40.0 Å². The van der Waals surface area contributed by atoms with E-state index in [2.05, 4.69) is 26.1 Å². The number of thioether (sulfide) groups is 1. The van der Waals surface area contributed by atoms with Gasteiger partial charge in [0.05, 0.1) is 0 Å². The molecule has 1 aliphatic carbocycles. The normalized spacial score (nSPS) is 25.1. The number of rotatable bonds is 5. The van der Waals surface area contributed by atoms with Crippen molar-refractivity contribution in [2.75, 3.05) is 6.54 Å². The summed E-state index contributed by atoms with van der Waals surface area (Å²) in [6, 6.07) is 4.61. The molecule has 0 aliphatic heterocycles. The minimum atomic E-state index is -0.776. The summed E-state index contributed by atoms with van der Waals surface area (Å²) in [6.45, 7) is 7.73. The minimum Gasteiger partial charge on any atom is -0.312 e. The van der Waals surface area contributed by atoms with Gasteiger partial charge in [0.1, 0.15) is 0 Å². The lowest BCUT2D eigenvalue weighted by atomic mass is 9.87. The van der Waals surface area contributed by atoms with E-state index in [9.17, 15) is 8.78 Å². The van der Waals surface area contributed by atoms with Crippen LogP contribution in [0.25, 0.3) is 0 Å². The van der Waals surface area contributed by atoms with Gasteiger partial charge in [0.2, 0.25) is 0 Å². The lowest BCUT2D eigenvalue weighted by molar-refractivity contribution is 0.287. The van der Waals surface area contributed by atoms with E-state index in [0.29, 0.717) is 11.3 Å². The highest BCUT2D eigenvalue weighted by Crippen LogP contribution is 2.45. The highest BCUT2D eigenvalue weighted by Gasteiger charge is 2.41. The third-order valence-electron chi connectivity index (χ3n) is 4.08. The second kappa shape index (κ2) is 6.44. The first-order valence-corrected chi connectivity index (χ1v) is 8.17. The molecule has 1 aromatic carbocycles. The summed E-state index contributed by atoms with van der Waals surface area (Å²) >= 11 is 1.67. The lowest BCUT2D eigenvalue weighted by Gasteiger charge is -2.31. The van der Waals surface area contributed by atoms with Crippen molar-refractivity contribution in [1.82, 2.24) is 5.32 Å². The van der Waals surface area contributed by atoms with Gasteiger partial charge in [0.15, 0.2) is 11.6 Å². The van der Waals surface area contributed by atoms with E-state index < -0.39 is 11.6 Å². The Hall–Kier alpha value is -0.610. The van der Waals surface area contributed by atoms with Crippen LogP contribution in [-0.2, 0) is 0 Å². The van der Waals surface area contributed by atoms with Crippen molar-refractivity contribution in [3.05, 3.63) is 29.8 Å². The molecule has 0 heterocycles. The zero-order chi connectivity index (χ0) is 14.8. The van der Waals surface area contributed by atoms with Crippen molar-refractivity contribution in [3.63, 3.8) is 0 Å². The van der Waals surface area contributed by atoms with Gasteiger partial charge in [-0.3, -0.25) is 0 Å². The minimum absolute atomic E-state index is 0.255. The Morgan fingerprint density at radius 1 is 1.30 bits per heavy atom. The van der Waals surface area contributed by atoms with E-state index >= 15 is 0 Å². The molecule has 1 N–H and O–H groups in total. The Kier molecular flexibility index (Phi) is 5.08. The van der Waals surface area contributed by atoms with Crippen LogP contribution in [-0.4, -0.2) is 17.8 Å². The van der Waals surface area contributed by atoms with Crippen LogP contribution in [0.3, 0.4) is 0 Å². The van der Waals surface area contributed by atoms with E-state index in [-0.39, 0.29) is 5.41 Å². The van der Waals surface area contributed by atoms with E-state index in [1.54, 1.807) is 17.8 Å². The first kappa shape index (κ1) is 15.8. The Labute approximate surface area is 124 Å². The van der Waals surface area contributed by atoms with E-state index in [1.807, 2.05) is 0 Å². The van der Waals surface area contributed by atoms with Gasteiger partial charge in [-0.25, -0.2) is 8.78 Å². The molecule has 0 saturated heterocycles. The smallest absolute Gasteiger partial charge is 0.159 e. The summed E-state index contributed by atoms with van der Waals surface area (Å²) in [6.07, 6.45) is 3.38. The molecule has 4 heteroatoms. The number of hydrogen-bond donors (Lipinski definition) is 1. The third kappa shape index (κ3) is 3.53. The van der Waals surface area contributed by atoms with Crippen LogP contribution >= 0.6 is 11.8 Å². The van der Waals surface area contributed by atoms with E-state index in [4.69, 9.17) is 0 Å². The highest BCUT2D eigenvalue weighted by molar-refractivity contribution is 8.00. The van der Waals surface area contributed by atoms with Crippen LogP contribution < -0.4 is 5.32 Å². The van der Waals surface area contributed by atoms with Crippen LogP contribution in [0, 0.1) is 17.0 Å². The maximum atomic E-state index is 13.3. The average Bonchev–Trinajstić information content (AvgIpc) is 2.67. The Morgan fingerprint density at radius 2 is 2.05 bits per heavy atom. The average molecular weight is 299 g/mol. The van der Waals surface area contributed by atoms with Crippen LogP contribution in [0.2, 0.25) is 0 Å². The standard InChI is InChI=1S/C16H23F2NS/c1-4-9-19-15-14(7-8-16(15,2)3)20-11-5-6-12(17)13(18)10-11/h5-6,10,14-15,19H,4,7-9H2,1-3H3. The summed E-state index contributed by atoms with van der Waals surface area (Å²) in [5, 5.41) is 4.05. The molecule has 1 nitrogen and oxygen atoms in total. The summed E-state index contributed by atoms with van der Waals surface area (Å²) in [5.41, 5.74) is 0.255. The Balaban J connectivity index is 2.08. The zero-order valence-electron chi connectivity index (χ0n) is 12.4. The Morgan fingerprint density at radius 3 is 2.70 bits per heavy atom. The molecule has 0 bridgehead atoms. The summed E-state index contributed by atoms with van der Waals surface area (Å²) in [5.74, 6) is -1.54. The molecule has 112 valence electrons. The number of benzene rings is 1. The fourth-order valence-corrected chi connectivity index (χ4v) is 4.40. The van der Waals surface area contributed by atoms with Gasteiger partial charge in [0, 0.05) is 16.2 Å². The van der Waals surface area contributed by atoms with Crippen LogP contribution in [0.15, 0.2) is 23.1 Å². The SMILES string of the molecule is CCCNC1C(Sc2ccc(F)c(F)c2)CCC1(C)C. The molecule has 2 atom stereocenters. The molecule has 2 unspecified atom stereocenters. The molecule has 1 aromatic rings. The zero-order valence-corrected chi connectivity index (χ0v) is 13.2. The fraction of sp³-hybridized carbons (Fsp3) is 0.625. The third-order valence-corrected chi connectivity index (χ3v) is 5.42. The second-order valence-corrected chi connectivity index (χ2v) is 7.50. The predicted molar refractivity (Wildman–Crippen MR) is 81.1 cm³/mol. The van der Waals surface area contributed by atoms with Crippen LogP contribution in [0.5, 0.6) is 0 Å². The van der Waals surface area contributed by atoms with E-state index in [0.717, 1.165) is 30.7 Å². The molecule has 20 heavy (non-hydrogen) atoms. The van der Waals surface area contributed by atoms with Gasteiger partial charge in [-0.15, -0.1) is 11.8 Å². The van der Waals surface area contributed by atoms with Gasteiger partial charge in [-0.2, -0.15) is 0 Å². The molecular formula is C16H23F2NS. The highest BCUT2D eigenvalue weighted by atomic mass is 32.2.